The molecule has 0 heterocycles. The summed E-state index contributed by atoms with van der Waals surface area (Å²) >= 11 is 0. The molecule has 0 aromatic heterocycles. The molecule has 0 aliphatic heterocycles. The lowest BCUT2D eigenvalue weighted by Gasteiger charge is -2.40. The first-order valence-electron chi connectivity index (χ1n) is 9.23. The van der Waals surface area contributed by atoms with Gasteiger partial charge < -0.3 is 4.43 Å². The van der Waals surface area contributed by atoms with Gasteiger partial charge in [0.25, 0.3) is 0 Å². The van der Waals surface area contributed by atoms with Crippen LogP contribution in [0, 0.1) is 11.8 Å². The third-order valence-electron chi connectivity index (χ3n) is 5.55. The molecule has 0 saturated carbocycles. The topological polar surface area (TPSA) is 26.3 Å². The summed E-state index contributed by atoms with van der Waals surface area (Å²) in [6.07, 6.45) is 3.59. The minimum absolute atomic E-state index is 0.0804. The number of hydrogen-bond donors (Lipinski definition) is 0. The average Bonchev–Trinajstić information content (AvgIpc) is 2.43. The second-order valence-corrected chi connectivity index (χ2v) is 13.4. The molecule has 0 saturated heterocycles. The van der Waals surface area contributed by atoms with Crippen LogP contribution >= 0.6 is 0 Å². The van der Waals surface area contributed by atoms with Crippen LogP contribution in [-0.4, -0.2) is 20.2 Å². The maximum atomic E-state index is 12.0. The molecule has 0 unspecified atom stereocenters. The van der Waals surface area contributed by atoms with Gasteiger partial charge in [0.15, 0.2) is 8.32 Å². The van der Waals surface area contributed by atoms with Crippen molar-refractivity contribution < 1.29 is 9.22 Å². The molecule has 0 aliphatic carbocycles. The van der Waals surface area contributed by atoms with Crippen molar-refractivity contribution in [1.29, 1.82) is 0 Å². The van der Waals surface area contributed by atoms with Crippen molar-refractivity contribution in [3.05, 3.63) is 12.2 Å². The molecule has 0 radical (unpaired) electrons. The summed E-state index contributed by atoms with van der Waals surface area (Å²) in [5, 5.41) is 0.189. The molecule has 0 aromatic carbocycles. The average molecular weight is 341 g/mol. The van der Waals surface area contributed by atoms with Gasteiger partial charge in [-0.25, -0.2) is 0 Å². The van der Waals surface area contributed by atoms with E-state index < -0.39 is 8.32 Å². The zero-order chi connectivity index (χ0) is 18.4. The molecular weight excluding hydrogens is 300 g/mol. The number of carbonyl (C=O) groups is 1. The van der Waals surface area contributed by atoms with E-state index in [0.717, 1.165) is 19.3 Å². The molecule has 23 heavy (non-hydrogen) atoms. The van der Waals surface area contributed by atoms with E-state index in [0.29, 0.717) is 18.1 Å². The van der Waals surface area contributed by atoms with Crippen molar-refractivity contribution in [1.82, 2.24) is 0 Å². The van der Waals surface area contributed by atoms with Crippen molar-refractivity contribution in [3.63, 3.8) is 0 Å². The zero-order valence-corrected chi connectivity index (χ0v) is 18.1. The molecule has 0 aliphatic rings. The van der Waals surface area contributed by atoms with Gasteiger partial charge in [-0.1, -0.05) is 60.6 Å². The molecule has 0 N–H and O–H groups in total. The summed E-state index contributed by atoms with van der Waals surface area (Å²) in [5.74, 6) is 0.867. The Bertz CT molecular complexity index is 369. The summed E-state index contributed by atoms with van der Waals surface area (Å²) in [5.41, 5.74) is 1.28. The predicted octanol–water partition coefficient (Wildman–Crippen LogP) is 6.37. The third-order valence-corrected chi connectivity index (χ3v) is 10.1. The Morgan fingerprint density at radius 1 is 1.04 bits per heavy atom. The Hall–Kier alpha value is -0.413. The number of ketones is 1. The molecule has 0 bridgehead atoms. The highest BCUT2D eigenvalue weighted by Crippen LogP contribution is 2.39. The van der Waals surface area contributed by atoms with E-state index in [1.54, 1.807) is 0 Å². The van der Waals surface area contributed by atoms with E-state index in [1.165, 1.54) is 5.57 Å². The summed E-state index contributed by atoms with van der Waals surface area (Å²) in [6, 6.07) is 0. The standard InChI is InChI=1S/C20H40O2Si/c1-11-15(3)16(4)13-18(14-17(5)19(21)12-2)22-23(9,10)20(6,7)8/h16-18H,3,11-14H2,1-2,4-10H3/t16-,17-,18+/m1/s1. The minimum Gasteiger partial charge on any atom is -0.414 e. The first-order valence-corrected chi connectivity index (χ1v) is 12.1. The fourth-order valence-corrected chi connectivity index (χ4v) is 3.95. The van der Waals surface area contributed by atoms with Gasteiger partial charge in [-0.05, 0) is 43.3 Å². The lowest BCUT2D eigenvalue weighted by molar-refractivity contribution is -0.123. The van der Waals surface area contributed by atoms with Crippen LogP contribution < -0.4 is 0 Å². The van der Waals surface area contributed by atoms with Gasteiger partial charge in [-0.15, -0.1) is 0 Å². The van der Waals surface area contributed by atoms with Crippen molar-refractivity contribution in [2.75, 3.05) is 0 Å². The Labute approximate surface area is 146 Å². The first kappa shape index (κ1) is 22.6. The van der Waals surface area contributed by atoms with Gasteiger partial charge in [-0.3, -0.25) is 4.79 Å². The van der Waals surface area contributed by atoms with Gasteiger partial charge in [0.1, 0.15) is 5.78 Å². The van der Waals surface area contributed by atoms with Crippen LogP contribution in [0.15, 0.2) is 12.2 Å². The highest BCUT2D eigenvalue weighted by Gasteiger charge is 2.39. The molecule has 3 atom stereocenters. The van der Waals surface area contributed by atoms with E-state index in [2.05, 4.69) is 54.3 Å². The minimum atomic E-state index is -1.83. The summed E-state index contributed by atoms with van der Waals surface area (Å²) in [7, 11) is -1.83. The number of allylic oxidation sites excluding steroid dienone is 1. The van der Waals surface area contributed by atoms with Gasteiger partial charge in [0, 0.05) is 18.4 Å². The zero-order valence-electron chi connectivity index (χ0n) is 17.1. The normalized spacial score (nSPS) is 16.7. The number of carbonyl (C=O) groups excluding carboxylic acids is 1. The first-order chi connectivity index (χ1) is 10.4. The molecule has 0 spiro atoms. The van der Waals surface area contributed by atoms with Crippen molar-refractivity contribution in [2.45, 2.75) is 98.4 Å². The maximum absolute atomic E-state index is 12.0. The van der Waals surface area contributed by atoms with Gasteiger partial charge in [-0.2, -0.15) is 0 Å². The Balaban J connectivity index is 5.14. The van der Waals surface area contributed by atoms with Crippen LogP contribution in [0.25, 0.3) is 0 Å². The molecular formula is C20H40O2Si. The van der Waals surface area contributed by atoms with Crippen molar-refractivity contribution in [3.8, 4) is 0 Å². The fraction of sp³-hybridized carbons (Fsp3) is 0.850. The van der Waals surface area contributed by atoms with Crippen LogP contribution in [0.1, 0.15) is 74.1 Å². The highest BCUT2D eigenvalue weighted by atomic mass is 28.4. The lowest BCUT2D eigenvalue weighted by atomic mass is 9.89. The largest absolute Gasteiger partial charge is 0.414 e. The molecule has 136 valence electrons. The van der Waals surface area contributed by atoms with E-state index >= 15 is 0 Å². The predicted molar refractivity (Wildman–Crippen MR) is 104 cm³/mol. The Morgan fingerprint density at radius 3 is 1.91 bits per heavy atom. The Morgan fingerprint density at radius 2 is 1.52 bits per heavy atom. The molecule has 0 fully saturated rings. The maximum Gasteiger partial charge on any atom is 0.192 e. The second-order valence-electron chi connectivity index (χ2n) is 8.61. The summed E-state index contributed by atoms with van der Waals surface area (Å²) in [4.78, 5) is 12.0. The third kappa shape index (κ3) is 7.34. The highest BCUT2D eigenvalue weighted by molar-refractivity contribution is 6.74. The van der Waals surface area contributed by atoms with Crippen LogP contribution in [0.5, 0.6) is 0 Å². The van der Waals surface area contributed by atoms with E-state index in [1.807, 2.05) is 13.8 Å². The van der Waals surface area contributed by atoms with E-state index in [4.69, 9.17) is 4.43 Å². The number of rotatable bonds is 10. The van der Waals surface area contributed by atoms with Gasteiger partial charge >= 0.3 is 0 Å². The van der Waals surface area contributed by atoms with E-state index in [9.17, 15) is 4.79 Å². The number of hydrogen-bond acceptors (Lipinski definition) is 2. The summed E-state index contributed by atoms with van der Waals surface area (Å²) in [6.45, 7) is 24.0. The van der Waals surface area contributed by atoms with Crippen LogP contribution in [0.4, 0.5) is 0 Å². The van der Waals surface area contributed by atoms with Crippen LogP contribution in [0.3, 0.4) is 0 Å². The van der Waals surface area contributed by atoms with Crippen molar-refractivity contribution in [2.24, 2.45) is 11.8 Å². The molecule has 2 nitrogen and oxygen atoms in total. The van der Waals surface area contributed by atoms with Gasteiger partial charge in [0.05, 0.1) is 0 Å². The van der Waals surface area contributed by atoms with E-state index in [-0.39, 0.29) is 17.1 Å². The number of Topliss-reactive ketones (excluding diaryl/α,β-unsaturated/α-hetero) is 1. The van der Waals surface area contributed by atoms with Crippen LogP contribution in [-0.2, 0) is 9.22 Å². The molecule has 0 rings (SSSR count). The van der Waals surface area contributed by atoms with Crippen LogP contribution in [0.2, 0.25) is 18.1 Å². The SMILES string of the molecule is C=C(CC)[C@H](C)C[C@@H](C[C@@H](C)C(=O)CC)O[Si](C)(C)C(C)(C)C. The van der Waals surface area contributed by atoms with Crippen molar-refractivity contribution >= 4 is 14.1 Å². The molecule has 0 aromatic rings. The quantitative estimate of drug-likeness (QED) is 0.341. The Kier molecular flexibility index (Phi) is 9.01. The monoisotopic (exact) mass is 340 g/mol. The smallest absolute Gasteiger partial charge is 0.192 e. The molecule has 0 amide bonds. The van der Waals surface area contributed by atoms with Gasteiger partial charge in [0.2, 0.25) is 0 Å². The fourth-order valence-electron chi connectivity index (χ4n) is 2.57. The second kappa shape index (κ2) is 9.17. The summed E-state index contributed by atoms with van der Waals surface area (Å²) < 4.78 is 6.68. The lowest BCUT2D eigenvalue weighted by Crippen LogP contribution is -2.45. The molecule has 3 heteroatoms.